The largest absolute Gasteiger partial charge is 0.481 e. The molecular formula is C40H60N12O18. The second-order valence-electron chi connectivity index (χ2n) is 15.8. The SMILES string of the molecule is NCCCC[C@H](NC(=O)[C@@H]1CCCC[C@@H](C(=O)N[C@@H](CCCCN)C(=O)O)NC(=O)[C@H](CC(=O)O)NC(=O)[C@@H](CO)NC(=O)c2nccnc2C(=O)N[C@H](CO)C(=O)N[C@@H](CC(=O)O)C(=O)N1)C(=O)O. The maximum absolute atomic E-state index is 13.8. The number of aliphatic hydroxyl groups excluding tert-OH is 2. The normalized spacial score (nSPS) is 22.1. The van der Waals surface area contributed by atoms with Crippen molar-refractivity contribution in [1.29, 1.82) is 0 Å². The number of carboxylic acids is 4. The molecule has 1 aromatic heterocycles. The van der Waals surface area contributed by atoms with Crippen LogP contribution >= 0.6 is 0 Å². The predicted octanol–water partition coefficient (Wildman–Crippen LogP) is -6.48. The van der Waals surface area contributed by atoms with Gasteiger partial charge in [-0.05, 0) is 64.5 Å². The van der Waals surface area contributed by atoms with Gasteiger partial charge in [0.25, 0.3) is 11.8 Å². The highest BCUT2D eigenvalue weighted by molar-refractivity contribution is 6.07. The van der Waals surface area contributed by atoms with Crippen molar-refractivity contribution in [3.8, 4) is 0 Å². The van der Waals surface area contributed by atoms with Crippen molar-refractivity contribution in [2.24, 2.45) is 11.5 Å². The van der Waals surface area contributed by atoms with Crippen LogP contribution in [0.3, 0.4) is 0 Å². The maximum Gasteiger partial charge on any atom is 0.326 e. The number of aromatic nitrogens is 2. The van der Waals surface area contributed by atoms with E-state index in [-0.39, 0.29) is 51.6 Å². The number of nitrogens with one attached hydrogen (secondary N) is 8. The number of unbranched alkanes of at least 4 members (excludes halogenated alkanes) is 2. The molecule has 388 valence electrons. The maximum atomic E-state index is 13.8. The second kappa shape index (κ2) is 30.1. The van der Waals surface area contributed by atoms with Crippen molar-refractivity contribution in [3.05, 3.63) is 23.8 Å². The number of nitrogens with two attached hydrogens (primary N) is 2. The molecular weight excluding hydrogens is 937 g/mol. The van der Waals surface area contributed by atoms with Crippen LogP contribution in [-0.4, -0.2) is 186 Å². The lowest BCUT2D eigenvalue weighted by Crippen LogP contribution is -2.59. The lowest BCUT2D eigenvalue weighted by atomic mass is 10.0. The summed E-state index contributed by atoms with van der Waals surface area (Å²) in [5.74, 6) is -16.7. The van der Waals surface area contributed by atoms with Crippen LogP contribution < -0.4 is 54.0 Å². The fourth-order valence-corrected chi connectivity index (χ4v) is 6.65. The minimum Gasteiger partial charge on any atom is -0.481 e. The molecule has 0 aromatic carbocycles. The Morgan fingerprint density at radius 2 is 0.886 bits per heavy atom. The van der Waals surface area contributed by atoms with Gasteiger partial charge in [-0.15, -0.1) is 0 Å². The van der Waals surface area contributed by atoms with Gasteiger partial charge in [0.15, 0.2) is 11.4 Å². The first-order valence-corrected chi connectivity index (χ1v) is 21.9. The molecule has 0 saturated carbocycles. The van der Waals surface area contributed by atoms with Gasteiger partial charge in [0.1, 0.15) is 48.3 Å². The zero-order valence-corrected chi connectivity index (χ0v) is 37.7. The number of fused-ring (bicyclic) bond motifs is 1. The third-order valence-electron chi connectivity index (χ3n) is 10.4. The number of hydrogen-bond donors (Lipinski definition) is 16. The molecule has 0 saturated heterocycles. The molecule has 0 unspecified atom stereocenters. The molecule has 0 bridgehead atoms. The van der Waals surface area contributed by atoms with E-state index in [1.54, 1.807) is 0 Å². The fraction of sp³-hybridized carbons (Fsp3) is 0.600. The Labute approximate surface area is 398 Å². The number of amides is 8. The van der Waals surface area contributed by atoms with Crippen LogP contribution in [0.4, 0.5) is 0 Å². The minimum absolute atomic E-state index is 0.115. The average molecular weight is 997 g/mol. The molecule has 1 aliphatic heterocycles. The van der Waals surface area contributed by atoms with Crippen LogP contribution in [-0.2, 0) is 47.9 Å². The van der Waals surface area contributed by atoms with Crippen molar-refractivity contribution in [3.63, 3.8) is 0 Å². The zero-order chi connectivity index (χ0) is 52.5. The first-order valence-electron chi connectivity index (χ1n) is 21.9. The fourth-order valence-electron chi connectivity index (χ4n) is 6.65. The standard InChI is InChI=1S/C40H60N12O18/c41-11-5-3-9-21(39(67)68)47-31(59)19-7-1-2-8-20(32(60)48-22(40(69)70)10-4-6-12-42)46-34(62)24(16-28(57)58)50-36(64)26(18-54)52-38(66)30-29(43-13-14-44-30)37(65)51-25(17-53)35(63)49-23(15-27(55)56)33(61)45-19/h13-14,19-26,53-54H,1-12,15-18,41-42H2,(H,45,61)(H,46,62)(H,47,59)(H,48,60)(H,49,63)(H,50,64)(H,51,65)(H,52,66)(H,55,56)(H,57,58)(H,67,68)(H,69,70)/t19-,20-,21-,22-,23-,24-,25+,26+/m0/s1. The van der Waals surface area contributed by atoms with E-state index in [1.165, 1.54) is 0 Å². The molecule has 30 heteroatoms. The highest BCUT2D eigenvalue weighted by atomic mass is 16.4. The molecule has 8 amide bonds. The van der Waals surface area contributed by atoms with Gasteiger partial charge in [-0.1, -0.05) is 12.8 Å². The van der Waals surface area contributed by atoms with Gasteiger partial charge in [0, 0.05) is 12.4 Å². The summed E-state index contributed by atoms with van der Waals surface area (Å²) in [6.07, 6.45) is -0.691. The molecule has 18 N–H and O–H groups in total. The summed E-state index contributed by atoms with van der Waals surface area (Å²) in [4.78, 5) is 164. The molecule has 30 nitrogen and oxygen atoms in total. The van der Waals surface area contributed by atoms with Gasteiger partial charge >= 0.3 is 23.9 Å². The Hall–Kier alpha value is -7.44. The van der Waals surface area contributed by atoms with E-state index in [2.05, 4.69) is 31.2 Å². The van der Waals surface area contributed by atoms with E-state index in [9.17, 15) is 88.2 Å². The summed E-state index contributed by atoms with van der Waals surface area (Å²) in [7, 11) is 0. The molecule has 1 aromatic rings. The van der Waals surface area contributed by atoms with Gasteiger partial charge in [-0.2, -0.15) is 0 Å². The smallest absolute Gasteiger partial charge is 0.326 e. The number of carboxylic acid groups (broad SMARTS) is 4. The number of hydrogen-bond acceptors (Lipinski definition) is 18. The Morgan fingerprint density at radius 1 is 0.543 bits per heavy atom. The van der Waals surface area contributed by atoms with Gasteiger partial charge in [-0.3, -0.25) is 47.9 Å². The highest BCUT2D eigenvalue weighted by Gasteiger charge is 2.36. The van der Waals surface area contributed by atoms with Crippen LogP contribution in [0.15, 0.2) is 12.4 Å². The third kappa shape index (κ3) is 19.7. The molecule has 8 atom stereocenters. The van der Waals surface area contributed by atoms with Crippen molar-refractivity contribution in [2.45, 2.75) is 125 Å². The molecule has 0 fully saturated rings. The lowest BCUT2D eigenvalue weighted by molar-refractivity contribution is -0.143. The summed E-state index contributed by atoms with van der Waals surface area (Å²) in [6, 6.07) is -14.6. The lowest BCUT2D eigenvalue weighted by Gasteiger charge is -2.26. The second-order valence-corrected chi connectivity index (χ2v) is 15.8. The molecule has 0 radical (unpaired) electrons. The monoisotopic (exact) mass is 996 g/mol. The number of rotatable bonds is 20. The van der Waals surface area contributed by atoms with Crippen molar-refractivity contribution in [2.75, 3.05) is 26.3 Å². The van der Waals surface area contributed by atoms with Crippen molar-refractivity contribution >= 4 is 71.1 Å². The number of nitrogens with zero attached hydrogens (tertiary/aromatic N) is 2. The van der Waals surface area contributed by atoms with E-state index >= 15 is 0 Å². The molecule has 2 heterocycles. The van der Waals surface area contributed by atoms with Gasteiger partial charge in [0.2, 0.25) is 35.4 Å². The van der Waals surface area contributed by atoms with Crippen LogP contribution in [0.1, 0.15) is 98.0 Å². The van der Waals surface area contributed by atoms with E-state index in [1.807, 2.05) is 21.3 Å². The quantitative estimate of drug-likeness (QED) is 0.0540. The van der Waals surface area contributed by atoms with Crippen LogP contribution in [0.5, 0.6) is 0 Å². The number of aliphatic carboxylic acids is 4. The molecule has 2 rings (SSSR count). The van der Waals surface area contributed by atoms with Gasteiger partial charge < -0.3 is 84.6 Å². The first-order chi connectivity index (χ1) is 33.2. The first kappa shape index (κ1) is 58.7. The molecule has 0 aliphatic carbocycles. The minimum atomic E-state index is -2.05. The van der Waals surface area contributed by atoms with Crippen molar-refractivity contribution < 1.29 is 88.2 Å². The van der Waals surface area contributed by atoms with Crippen LogP contribution in [0.2, 0.25) is 0 Å². The van der Waals surface area contributed by atoms with E-state index in [0.717, 1.165) is 12.4 Å². The Bertz CT molecular complexity index is 1920. The molecule has 70 heavy (non-hydrogen) atoms. The molecule has 1 aliphatic rings. The summed E-state index contributed by atoms with van der Waals surface area (Å²) in [6.45, 7) is -2.04. The Morgan fingerprint density at radius 3 is 1.19 bits per heavy atom. The summed E-state index contributed by atoms with van der Waals surface area (Å²) < 4.78 is 0. The van der Waals surface area contributed by atoms with E-state index < -0.39 is 170 Å². The zero-order valence-electron chi connectivity index (χ0n) is 37.7. The third-order valence-corrected chi connectivity index (χ3v) is 10.4. The number of carbonyl (C=O) groups excluding carboxylic acids is 8. The summed E-state index contributed by atoms with van der Waals surface area (Å²) in [5.41, 5.74) is 9.31. The predicted molar refractivity (Wildman–Crippen MR) is 234 cm³/mol. The van der Waals surface area contributed by atoms with E-state index in [4.69, 9.17) is 11.5 Å². The highest BCUT2D eigenvalue weighted by Crippen LogP contribution is 2.13. The summed E-state index contributed by atoms with van der Waals surface area (Å²) in [5, 5.41) is 76.4. The van der Waals surface area contributed by atoms with E-state index in [0.29, 0.717) is 12.8 Å². The molecule has 0 spiro atoms. The Balaban J connectivity index is 2.76. The number of aliphatic hydroxyl groups is 2. The number of carbonyl (C=O) groups is 12. The van der Waals surface area contributed by atoms with Crippen LogP contribution in [0, 0.1) is 0 Å². The van der Waals surface area contributed by atoms with Gasteiger partial charge in [-0.25, -0.2) is 19.6 Å². The van der Waals surface area contributed by atoms with Crippen LogP contribution in [0.25, 0.3) is 0 Å². The Kier molecular flexibility index (Phi) is 25.3. The topological polar surface area (TPSA) is 500 Å². The summed E-state index contributed by atoms with van der Waals surface area (Å²) >= 11 is 0. The van der Waals surface area contributed by atoms with Crippen molar-refractivity contribution in [1.82, 2.24) is 52.5 Å². The van der Waals surface area contributed by atoms with Gasteiger partial charge in [0.05, 0.1) is 26.1 Å². The average Bonchev–Trinajstić information content (AvgIpc) is 3.30.